The van der Waals surface area contributed by atoms with Crippen molar-refractivity contribution in [2.45, 2.75) is 12.3 Å². The zero-order chi connectivity index (χ0) is 13.8. The molecule has 0 aliphatic heterocycles. The maximum absolute atomic E-state index is 11.5. The van der Waals surface area contributed by atoms with Gasteiger partial charge in [-0.3, -0.25) is 4.79 Å². The van der Waals surface area contributed by atoms with Crippen molar-refractivity contribution in [2.75, 3.05) is 0 Å². The standard InChI is InChI=1S/C15H12Br2O2/c16-12-7-5-10(6-8-12)13(15(18)19)9-11-3-1-2-4-14(11)17/h1-8,13H,9H2,(H,18,19). The molecular weight excluding hydrogens is 372 g/mol. The van der Waals surface area contributed by atoms with Crippen LogP contribution in [0.25, 0.3) is 0 Å². The summed E-state index contributed by atoms with van der Waals surface area (Å²) in [5.41, 5.74) is 1.81. The lowest BCUT2D eigenvalue weighted by Crippen LogP contribution is -2.14. The molecule has 1 N–H and O–H groups in total. The van der Waals surface area contributed by atoms with Crippen molar-refractivity contribution in [3.05, 3.63) is 68.6 Å². The molecule has 98 valence electrons. The molecule has 0 heterocycles. The molecule has 0 aromatic heterocycles. The van der Waals surface area contributed by atoms with E-state index in [9.17, 15) is 9.90 Å². The summed E-state index contributed by atoms with van der Waals surface area (Å²) < 4.78 is 1.89. The van der Waals surface area contributed by atoms with Gasteiger partial charge in [-0.2, -0.15) is 0 Å². The quantitative estimate of drug-likeness (QED) is 0.836. The number of benzene rings is 2. The zero-order valence-electron chi connectivity index (χ0n) is 10.0. The summed E-state index contributed by atoms with van der Waals surface area (Å²) in [6.45, 7) is 0. The van der Waals surface area contributed by atoms with Gasteiger partial charge in [-0.05, 0) is 35.7 Å². The van der Waals surface area contributed by atoms with Gasteiger partial charge in [0.25, 0.3) is 0 Å². The van der Waals surface area contributed by atoms with Crippen molar-refractivity contribution in [1.82, 2.24) is 0 Å². The van der Waals surface area contributed by atoms with E-state index in [-0.39, 0.29) is 0 Å². The summed E-state index contributed by atoms with van der Waals surface area (Å²) in [7, 11) is 0. The molecule has 0 saturated heterocycles. The first-order chi connectivity index (χ1) is 9.08. The number of carboxylic acids is 1. The minimum absolute atomic E-state index is 0.471. The molecule has 1 atom stereocenters. The topological polar surface area (TPSA) is 37.3 Å². The summed E-state index contributed by atoms with van der Waals surface area (Å²) in [4.78, 5) is 11.5. The summed E-state index contributed by atoms with van der Waals surface area (Å²) in [6, 6.07) is 15.1. The fourth-order valence-corrected chi connectivity index (χ4v) is 2.64. The van der Waals surface area contributed by atoms with Crippen LogP contribution >= 0.6 is 31.9 Å². The smallest absolute Gasteiger partial charge is 0.311 e. The molecule has 0 spiro atoms. The molecule has 19 heavy (non-hydrogen) atoms. The number of hydrogen-bond donors (Lipinski definition) is 1. The lowest BCUT2D eigenvalue weighted by Gasteiger charge is -2.14. The SMILES string of the molecule is O=C(O)C(Cc1ccccc1Br)c1ccc(Br)cc1. The van der Waals surface area contributed by atoms with Gasteiger partial charge in [0.2, 0.25) is 0 Å². The molecule has 2 rings (SSSR count). The fraction of sp³-hybridized carbons (Fsp3) is 0.133. The third-order valence-corrected chi connectivity index (χ3v) is 4.25. The van der Waals surface area contributed by atoms with Crippen molar-refractivity contribution < 1.29 is 9.90 Å². The zero-order valence-corrected chi connectivity index (χ0v) is 13.2. The largest absolute Gasteiger partial charge is 0.481 e. The molecule has 2 aromatic rings. The Labute approximate surface area is 128 Å². The molecule has 0 fully saturated rings. The van der Waals surface area contributed by atoms with E-state index in [4.69, 9.17) is 0 Å². The average Bonchev–Trinajstić information content (AvgIpc) is 2.39. The third-order valence-electron chi connectivity index (χ3n) is 2.95. The molecule has 4 heteroatoms. The molecule has 0 aliphatic carbocycles. The van der Waals surface area contributed by atoms with E-state index in [0.29, 0.717) is 6.42 Å². The van der Waals surface area contributed by atoms with Crippen LogP contribution in [0.4, 0.5) is 0 Å². The Bertz CT molecular complexity index is 579. The summed E-state index contributed by atoms with van der Waals surface area (Å²) >= 11 is 6.81. The van der Waals surface area contributed by atoms with Crippen molar-refractivity contribution in [3.63, 3.8) is 0 Å². The van der Waals surface area contributed by atoms with Crippen LogP contribution in [0.3, 0.4) is 0 Å². The summed E-state index contributed by atoms with van der Waals surface area (Å²) in [5, 5.41) is 9.42. The van der Waals surface area contributed by atoms with Gasteiger partial charge in [0.1, 0.15) is 0 Å². The van der Waals surface area contributed by atoms with Gasteiger partial charge in [-0.15, -0.1) is 0 Å². The maximum Gasteiger partial charge on any atom is 0.311 e. The Morgan fingerprint density at radius 1 is 1.05 bits per heavy atom. The number of aliphatic carboxylic acids is 1. The van der Waals surface area contributed by atoms with E-state index in [0.717, 1.165) is 20.1 Å². The first-order valence-corrected chi connectivity index (χ1v) is 7.38. The monoisotopic (exact) mass is 382 g/mol. The Hall–Kier alpha value is -1.13. The highest BCUT2D eigenvalue weighted by Gasteiger charge is 2.21. The highest BCUT2D eigenvalue weighted by atomic mass is 79.9. The van der Waals surface area contributed by atoms with Gasteiger partial charge >= 0.3 is 5.97 Å². The van der Waals surface area contributed by atoms with E-state index in [1.54, 1.807) is 0 Å². The Kier molecular flexibility index (Phi) is 4.77. The minimum Gasteiger partial charge on any atom is -0.481 e. The van der Waals surface area contributed by atoms with Crippen molar-refractivity contribution in [3.8, 4) is 0 Å². The molecule has 0 saturated carbocycles. The van der Waals surface area contributed by atoms with Crippen LogP contribution in [0, 0.1) is 0 Å². The fourth-order valence-electron chi connectivity index (χ4n) is 1.93. The van der Waals surface area contributed by atoms with Gasteiger partial charge in [0.05, 0.1) is 5.92 Å². The number of halogens is 2. The number of hydrogen-bond acceptors (Lipinski definition) is 1. The van der Waals surface area contributed by atoms with Crippen LogP contribution in [0.15, 0.2) is 57.5 Å². The Morgan fingerprint density at radius 2 is 1.68 bits per heavy atom. The lowest BCUT2D eigenvalue weighted by atomic mass is 9.92. The maximum atomic E-state index is 11.5. The summed E-state index contributed by atoms with van der Waals surface area (Å²) in [5.74, 6) is -1.34. The molecule has 0 amide bonds. The molecule has 0 bridgehead atoms. The van der Waals surface area contributed by atoms with Crippen molar-refractivity contribution in [1.29, 1.82) is 0 Å². The van der Waals surface area contributed by atoms with Crippen LogP contribution in [0.1, 0.15) is 17.0 Å². The van der Waals surface area contributed by atoms with Gasteiger partial charge in [0, 0.05) is 8.95 Å². The highest BCUT2D eigenvalue weighted by molar-refractivity contribution is 9.10. The molecule has 0 radical (unpaired) electrons. The second-order valence-corrected chi connectivity index (χ2v) is 6.01. The van der Waals surface area contributed by atoms with Gasteiger partial charge < -0.3 is 5.11 Å². The molecule has 2 aromatic carbocycles. The van der Waals surface area contributed by atoms with E-state index in [1.807, 2.05) is 48.5 Å². The van der Waals surface area contributed by atoms with Crippen molar-refractivity contribution in [2.24, 2.45) is 0 Å². The minimum atomic E-state index is -0.807. The first-order valence-electron chi connectivity index (χ1n) is 5.79. The number of carboxylic acid groups (broad SMARTS) is 1. The average molecular weight is 384 g/mol. The lowest BCUT2D eigenvalue weighted by molar-refractivity contribution is -0.138. The predicted octanol–water partition coefficient (Wildman–Crippen LogP) is 4.62. The van der Waals surface area contributed by atoms with E-state index in [2.05, 4.69) is 31.9 Å². The normalized spacial score (nSPS) is 12.1. The molecule has 0 aliphatic rings. The van der Waals surface area contributed by atoms with E-state index >= 15 is 0 Å². The Balaban J connectivity index is 2.29. The Morgan fingerprint density at radius 3 is 2.26 bits per heavy atom. The van der Waals surface area contributed by atoms with Crippen molar-refractivity contribution >= 4 is 37.8 Å². The van der Waals surface area contributed by atoms with Crippen LogP contribution in [0.5, 0.6) is 0 Å². The predicted molar refractivity (Wildman–Crippen MR) is 82.4 cm³/mol. The van der Waals surface area contributed by atoms with Crippen LogP contribution in [-0.4, -0.2) is 11.1 Å². The van der Waals surface area contributed by atoms with Gasteiger partial charge in [-0.1, -0.05) is 62.2 Å². The van der Waals surface area contributed by atoms with Crippen LogP contribution in [0.2, 0.25) is 0 Å². The van der Waals surface area contributed by atoms with Crippen LogP contribution < -0.4 is 0 Å². The second-order valence-electron chi connectivity index (χ2n) is 4.24. The second kappa shape index (κ2) is 6.35. The highest BCUT2D eigenvalue weighted by Crippen LogP contribution is 2.26. The van der Waals surface area contributed by atoms with Gasteiger partial charge in [-0.25, -0.2) is 0 Å². The molecule has 1 unspecified atom stereocenters. The molecular formula is C15H12Br2O2. The summed E-state index contributed by atoms with van der Waals surface area (Å²) in [6.07, 6.45) is 0.471. The van der Waals surface area contributed by atoms with Crippen LogP contribution in [-0.2, 0) is 11.2 Å². The third kappa shape index (κ3) is 3.67. The van der Waals surface area contributed by atoms with Gasteiger partial charge in [0.15, 0.2) is 0 Å². The van der Waals surface area contributed by atoms with E-state index in [1.165, 1.54) is 0 Å². The first kappa shape index (κ1) is 14.3. The number of carbonyl (C=O) groups is 1. The molecule has 2 nitrogen and oxygen atoms in total. The van der Waals surface area contributed by atoms with E-state index < -0.39 is 11.9 Å². The number of rotatable bonds is 4.